The number of fused-ring (bicyclic) bond motifs is 2. The highest BCUT2D eigenvalue weighted by atomic mass is 32.2. The lowest BCUT2D eigenvalue weighted by Crippen LogP contribution is -2.33. The predicted octanol–water partition coefficient (Wildman–Crippen LogP) is 5.19. The van der Waals surface area contributed by atoms with E-state index in [2.05, 4.69) is 24.1 Å². The molecule has 42 heavy (non-hydrogen) atoms. The van der Waals surface area contributed by atoms with Gasteiger partial charge in [-0.05, 0) is 55.8 Å². The van der Waals surface area contributed by atoms with Crippen LogP contribution in [0.5, 0.6) is 0 Å². The van der Waals surface area contributed by atoms with Crippen molar-refractivity contribution in [1.29, 1.82) is 0 Å². The van der Waals surface area contributed by atoms with E-state index < -0.39 is 17.1 Å². The van der Waals surface area contributed by atoms with E-state index in [9.17, 15) is 19.2 Å². The molecule has 2 aliphatic heterocycles. The Morgan fingerprint density at radius 1 is 0.857 bits per heavy atom. The van der Waals surface area contributed by atoms with Gasteiger partial charge in [0.1, 0.15) is 11.8 Å². The minimum Gasteiger partial charge on any atom is -0.372 e. The number of thioether (sulfide) groups is 1. The van der Waals surface area contributed by atoms with Gasteiger partial charge in [-0.3, -0.25) is 23.7 Å². The minimum atomic E-state index is -0.727. The molecule has 8 nitrogen and oxygen atoms in total. The van der Waals surface area contributed by atoms with Crippen molar-refractivity contribution in [2.45, 2.75) is 36.6 Å². The van der Waals surface area contributed by atoms with Crippen LogP contribution in [-0.2, 0) is 20.9 Å². The molecular weight excluding hydrogens is 569 g/mol. The van der Waals surface area contributed by atoms with E-state index in [1.54, 1.807) is 36.4 Å². The fourth-order valence-electron chi connectivity index (χ4n) is 5.79. The van der Waals surface area contributed by atoms with E-state index in [-0.39, 0.29) is 29.1 Å². The number of carbonyl (C=O) groups is 3. The van der Waals surface area contributed by atoms with Gasteiger partial charge in [0.25, 0.3) is 0 Å². The highest BCUT2D eigenvalue weighted by Crippen LogP contribution is 2.54. The summed E-state index contributed by atoms with van der Waals surface area (Å²) in [6.07, 6.45) is 0. The number of anilines is 3. The Hall–Kier alpha value is -4.15. The standard InChI is InChI=1S/C32H30N4O4S2/c1-3-34(4-2)22-17-15-20(16-18-22)25-26-27(30(39)36(29(26)38)23-13-9-6-10-14-23)41-31-28(25)42-32(40)35(31)19-24(37)33-21-11-7-5-8-12-21/h5-18,25-27H,3-4,19H2,1-2H3,(H,33,37). The van der Waals surface area contributed by atoms with Gasteiger partial charge in [-0.25, -0.2) is 4.90 Å². The number of imide groups is 1. The second-order valence-corrected chi connectivity index (χ2v) is 12.3. The topological polar surface area (TPSA) is 91.7 Å². The van der Waals surface area contributed by atoms with Crippen molar-refractivity contribution in [3.63, 3.8) is 0 Å². The number of nitrogens with zero attached hydrogens (tertiary/aromatic N) is 3. The van der Waals surface area contributed by atoms with Gasteiger partial charge >= 0.3 is 4.87 Å². The Kier molecular flexibility index (Phi) is 7.74. The third-order valence-corrected chi connectivity index (χ3v) is 10.4. The van der Waals surface area contributed by atoms with Crippen LogP contribution >= 0.6 is 23.1 Å². The zero-order valence-corrected chi connectivity index (χ0v) is 24.9. The van der Waals surface area contributed by atoms with E-state index in [1.165, 1.54) is 21.2 Å². The van der Waals surface area contributed by atoms with Crippen LogP contribution in [-0.4, -0.2) is 40.6 Å². The van der Waals surface area contributed by atoms with Gasteiger partial charge in [-0.15, -0.1) is 0 Å². The third-order valence-electron chi connectivity index (χ3n) is 7.80. The summed E-state index contributed by atoms with van der Waals surface area (Å²) in [6.45, 7) is 5.73. The molecule has 3 atom stereocenters. The molecule has 1 saturated heterocycles. The molecule has 1 aromatic heterocycles. The number of carbonyl (C=O) groups excluding carboxylic acids is 3. The van der Waals surface area contributed by atoms with Crippen LogP contribution in [0.2, 0.25) is 0 Å². The molecule has 1 N–H and O–H groups in total. The average Bonchev–Trinajstić information content (AvgIpc) is 3.45. The molecule has 3 amide bonds. The number of hydrogen-bond donors (Lipinski definition) is 1. The lowest BCUT2D eigenvalue weighted by molar-refractivity contribution is -0.122. The number of amides is 3. The number of aromatic nitrogens is 1. The molecule has 2 aliphatic rings. The Balaban J connectivity index is 1.42. The number of hydrogen-bond acceptors (Lipinski definition) is 7. The Morgan fingerprint density at radius 3 is 2.14 bits per heavy atom. The molecule has 214 valence electrons. The molecular formula is C32H30N4O4S2. The zero-order valence-electron chi connectivity index (χ0n) is 23.2. The fraction of sp³-hybridized carbons (Fsp3) is 0.250. The Bertz CT molecular complexity index is 1680. The van der Waals surface area contributed by atoms with Crippen molar-refractivity contribution in [3.05, 3.63) is 105 Å². The van der Waals surface area contributed by atoms with E-state index in [0.29, 0.717) is 21.3 Å². The Morgan fingerprint density at radius 2 is 1.50 bits per heavy atom. The maximum atomic E-state index is 14.0. The maximum absolute atomic E-state index is 14.0. The highest BCUT2D eigenvalue weighted by Gasteiger charge is 2.56. The monoisotopic (exact) mass is 598 g/mol. The molecule has 3 aromatic carbocycles. The Labute approximate surface area is 252 Å². The fourth-order valence-corrected chi connectivity index (χ4v) is 8.57. The molecule has 1 fully saturated rings. The molecule has 0 saturated carbocycles. The first kappa shape index (κ1) is 28.0. The summed E-state index contributed by atoms with van der Waals surface area (Å²) in [7, 11) is 0. The zero-order chi connectivity index (χ0) is 29.4. The molecule has 6 rings (SSSR count). The van der Waals surface area contributed by atoms with Gasteiger partial charge in [0.05, 0.1) is 16.6 Å². The van der Waals surface area contributed by atoms with E-state index >= 15 is 0 Å². The number of rotatable bonds is 8. The average molecular weight is 599 g/mol. The summed E-state index contributed by atoms with van der Waals surface area (Å²) in [4.78, 5) is 58.2. The molecule has 0 spiro atoms. The number of thiazole rings is 1. The third kappa shape index (κ3) is 4.94. The molecule has 3 heterocycles. The van der Waals surface area contributed by atoms with Gasteiger partial charge in [0, 0.05) is 35.3 Å². The highest BCUT2D eigenvalue weighted by molar-refractivity contribution is 8.00. The van der Waals surface area contributed by atoms with Crippen LogP contribution in [0.3, 0.4) is 0 Å². The lowest BCUT2D eigenvalue weighted by atomic mass is 9.83. The van der Waals surface area contributed by atoms with E-state index in [1.807, 2.05) is 48.5 Å². The summed E-state index contributed by atoms with van der Waals surface area (Å²) in [5, 5.41) is 2.68. The van der Waals surface area contributed by atoms with Crippen molar-refractivity contribution in [2.75, 3.05) is 28.2 Å². The summed E-state index contributed by atoms with van der Waals surface area (Å²) in [5.41, 5.74) is 3.09. The molecule has 0 bridgehead atoms. The first-order valence-corrected chi connectivity index (χ1v) is 15.6. The first-order chi connectivity index (χ1) is 20.4. The quantitative estimate of drug-likeness (QED) is 0.281. The van der Waals surface area contributed by atoms with E-state index in [4.69, 9.17) is 0 Å². The predicted molar refractivity (Wildman–Crippen MR) is 168 cm³/mol. The molecule has 0 radical (unpaired) electrons. The molecule has 0 aliphatic carbocycles. The summed E-state index contributed by atoms with van der Waals surface area (Å²) < 4.78 is 1.44. The van der Waals surface area contributed by atoms with Crippen LogP contribution in [0.4, 0.5) is 17.1 Å². The van der Waals surface area contributed by atoms with Crippen LogP contribution in [0, 0.1) is 5.92 Å². The number of para-hydroxylation sites is 2. The largest absolute Gasteiger partial charge is 0.372 e. The van der Waals surface area contributed by atoms with Crippen LogP contribution in [0.15, 0.2) is 94.7 Å². The van der Waals surface area contributed by atoms with Gasteiger partial charge in [-0.1, -0.05) is 71.6 Å². The summed E-state index contributed by atoms with van der Waals surface area (Å²) in [5.74, 6) is -2.11. The van der Waals surface area contributed by atoms with Gasteiger partial charge in [0.2, 0.25) is 17.7 Å². The van der Waals surface area contributed by atoms with Gasteiger partial charge < -0.3 is 10.2 Å². The van der Waals surface area contributed by atoms with Crippen molar-refractivity contribution >= 4 is 57.9 Å². The van der Waals surface area contributed by atoms with E-state index in [0.717, 1.165) is 35.7 Å². The minimum absolute atomic E-state index is 0.192. The maximum Gasteiger partial charge on any atom is 0.308 e. The van der Waals surface area contributed by atoms with Crippen molar-refractivity contribution in [3.8, 4) is 0 Å². The number of benzene rings is 3. The van der Waals surface area contributed by atoms with Crippen molar-refractivity contribution < 1.29 is 14.4 Å². The van der Waals surface area contributed by atoms with Crippen LogP contribution in [0.25, 0.3) is 0 Å². The van der Waals surface area contributed by atoms with Crippen molar-refractivity contribution in [1.82, 2.24) is 4.57 Å². The summed E-state index contributed by atoms with van der Waals surface area (Å²) >= 11 is 2.27. The van der Waals surface area contributed by atoms with Crippen LogP contribution < -0.4 is 20.0 Å². The first-order valence-electron chi connectivity index (χ1n) is 13.9. The van der Waals surface area contributed by atoms with Crippen molar-refractivity contribution in [2.24, 2.45) is 5.92 Å². The van der Waals surface area contributed by atoms with Gasteiger partial charge in [-0.2, -0.15) is 0 Å². The lowest BCUT2D eigenvalue weighted by Gasteiger charge is -2.31. The molecule has 3 unspecified atom stereocenters. The number of nitrogens with one attached hydrogen (secondary N) is 1. The van der Waals surface area contributed by atoms with Gasteiger partial charge in [0.15, 0.2) is 0 Å². The molecule has 10 heteroatoms. The molecule has 4 aromatic rings. The second-order valence-electron chi connectivity index (χ2n) is 10.2. The second kappa shape index (κ2) is 11.6. The SMILES string of the molecule is CCN(CC)c1ccc(C2c3sc(=O)n(CC(=O)Nc4ccccc4)c3SC3C(=O)N(c4ccccc4)C(=O)C32)cc1. The summed E-state index contributed by atoms with van der Waals surface area (Å²) in [6, 6.07) is 26.1. The smallest absolute Gasteiger partial charge is 0.308 e. The van der Waals surface area contributed by atoms with Crippen LogP contribution in [0.1, 0.15) is 30.2 Å². The normalized spacial score (nSPS) is 19.4.